The molecular formula is C19H25FN2O3S2. The summed E-state index contributed by atoms with van der Waals surface area (Å²) in [4.78, 5) is 3.62. The predicted molar refractivity (Wildman–Crippen MR) is 105 cm³/mol. The molecule has 0 aliphatic carbocycles. The van der Waals surface area contributed by atoms with Crippen LogP contribution in [0.5, 0.6) is 5.75 Å². The third kappa shape index (κ3) is 5.28. The number of hydrogen-bond acceptors (Lipinski definition) is 5. The van der Waals surface area contributed by atoms with Crippen molar-refractivity contribution < 1.29 is 17.5 Å². The van der Waals surface area contributed by atoms with Crippen LogP contribution in [0.4, 0.5) is 4.39 Å². The Hall–Kier alpha value is -1.48. The number of nitrogens with one attached hydrogen (secondary N) is 1. The maximum absolute atomic E-state index is 13.9. The average Bonchev–Trinajstić information content (AvgIpc) is 3.19. The Balaban J connectivity index is 1.48. The van der Waals surface area contributed by atoms with E-state index in [9.17, 15) is 12.8 Å². The van der Waals surface area contributed by atoms with Crippen LogP contribution >= 0.6 is 11.3 Å². The highest BCUT2D eigenvalue weighted by atomic mass is 32.2. The van der Waals surface area contributed by atoms with Gasteiger partial charge in [0.2, 0.25) is 10.0 Å². The van der Waals surface area contributed by atoms with Crippen molar-refractivity contribution in [2.75, 3.05) is 32.8 Å². The molecule has 2 heterocycles. The van der Waals surface area contributed by atoms with Crippen molar-refractivity contribution in [3.8, 4) is 5.75 Å². The van der Waals surface area contributed by atoms with Gasteiger partial charge >= 0.3 is 0 Å². The van der Waals surface area contributed by atoms with Crippen molar-refractivity contribution in [1.82, 2.24) is 9.62 Å². The van der Waals surface area contributed by atoms with Crippen molar-refractivity contribution in [3.63, 3.8) is 0 Å². The number of sulfonamides is 1. The summed E-state index contributed by atoms with van der Waals surface area (Å²) in [6.07, 6.45) is 2.19. The number of halogens is 1. The first-order chi connectivity index (χ1) is 13.0. The Morgan fingerprint density at radius 1 is 1.30 bits per heavy atom. The van der Waals surface area contributed by atoms with E-state index in [4.69, 9.17) is 4.74 Å². The lowest BCUT2D eigenvalue weighted by atomic mass is 9.95. The van der Waals surface area contributed by atoms with Gasteiger partial charge in [0, 0.05) is 18.0 Å². The predicted octanol–water partition coefficient (Wildman–Crippen LogP) is 3.44. The van der Waals surface area contributed by atoms with Crippen LogP contribution < -0.4 is 9.46 Å². The maximum Gasteiger partial charge on any atom is 0.240 e. The van der Waals surface area contributed by atoms with E-state index in [-0.39, 0.29) is 10.6 Å². The summed E-state index contributed by atoms with van der Waals surface area (Å²) in [5.41, 5.74) is 0. The third-order valence-electron chi connectivity index (χ3n) is 4.77. The highest BCUT2D eigenvalue weighted by molar-refractivity contribution is 7.89. The number of benzene rings is 1. The molecule has 1 N–H and O–H groups in total. The lowest BCUT2D eigenvalue weighted by molar-refractivity contribution is 0.217. The van der Waals surface area contributed by atoms with Gasteiger partial charge in [0.25, 0.3) is 0 Å². The van der Waals surface area contributed by atoms with Gasteiger partial charge in [-0.25, -0.2) is 17.5 Å². The minimum Gasteiger partial charge on any atom is -0.491 e. The summed E-state index contributed by atoms with van der Waals surface area (Å²) in [5, 5.41) is 2.11. The number of ether oxygens (including phenoxy) is 1. The van der Waals surface area contributed by atoms with E-state index in [1.54, 1.807) is 18.3 Å². The fourth-order valence-electron chi connectivity index (χ4n) is 3.31. The van der Waals surface area contributed by atoms with Crippen molar-refractivity contribution in [2.24, 2.45) is 0 Å². The second-order valence-corrected chi connectivity index (χ2v) is 9.30. The standard InChI is InChI=1S/C19H25FN2O3S2/c1-2-25-18-6-5-16(14-17(18)20)27(23,24)21-9-12-22-10-7-15(8-11-22)19-4-3-13-26-19/h3-6,13-15,21H,2,7-12H2,1H3. The van der Waals surface area contributed by atoms with Crippen LogP contribution in [0.15, 0.2) is 40.6 Å². The number of likely N-dealkylation sites (tertiary alicyclic amines) is 1. The topological polar surface area (TPSA) is 58.6 Å². The number of nitrogens with zero attached hydrogens (tertiary/aromatic N) is 1. The van der Waals surface area contributed by atoms with Crippen LogP contribution in [0.1, 0.15) is 30.6 Å². The van der Waals surface area contributed by atoms with Gasteiger partial charge < -0.3 is 9.64 Å². The Morgan fingerprint density at radius 2 is 2.07 bits per heavy atom. The fraction of sp³-hybridized carbons (Fsp3) is 0.474. The maximum atomic E-state index is 13.9. The summed E-state index contributed by atoms with van der Waals surface area (Å²) in [5.74, 6) is 0.00482. The van der Waals surface area contributed by atoms with Crippen LogP contribution in [-0.4, -0.2) is 46.1 Å². The van der Waals surface area contributed by atoms with E-state index in [1.807, 2.05) is 0 Å². The lowest BCUT2D eigenvalue weighted by Gasteiger charge is -2.31. The van der Waals surface area contributed by atoms with E-state index in [1.165, 1.54) is 17.0 Å². The van der Waals surface area contributed by atoms with Crippen molar-refractivity contribution in [2.45, 2.75) is 30.6 Å². The molecule has 27 heavy (non-hydrogen) atoms. The summed E-state index contributed by atoms with van der Waals surface area (Å²) < 4.78 is 46.3. The Labute approximate surface area is 164 Å². The van der Waals surface area contributed by atoms with Crippen LogP contribution in [-0.2, 0) is 10.0 Å². The minimum atomic E-state index is -3.73. The van der Waals surface area contributed by atoms with Gasteiger partial charge in [0.1, 0.15) is 0 Å². The van der Waals surface area contributed by atoms with Gasteiger partial charge in [0.05, 0.1) is 11.5 Å². The Bertz CT molecular complexity index is 833. The van der Waals surface area contributed by atoms with Crippen molar-refractivity contribution in [1.29, 1.82) is 0 Å². The second-order valence-electron chi connectivity index (χ2n) is 6.55. The average molecular weight is 413 g/mol. The van der Waals surface area contributed by atoms with Gasteiger partial charge in [-0.3, -0.25) is 0 Å². The van der Waals surface area contributed by atoms with Crippen molar-refractivity contribution in [3.05, 3.63) is 46.4 Å². The number of rotatable bonds is 8. The molecule has 1 aromatic carbocycles. The molecule has 0 amide bonds. The molecule has 2 aromatic rings. The highest BCUT2D eigenvalue weighted by Crippen LogP contribution is 2.30. The molecule has 1 aromatic heterocycles. The first-order valence-corrected chi connectivity index (χ1v) is 11.5. The van der Waals surface area contributed by atoms with E-state index in [0.29, 0.717) is 25.6 Å². The summed E-state index contributed by atoms with van der Waals surface area (Å²) >= 11 is 1.80. The molecule has 8 heteroatoms. The van der Waals surface area contributed by atoms with Crippen LogP contribution in [0.3, 0.4) is 0 Å². The first-order valence-electron chi connectivity index (χ1n) is 9.17. The largest absolute Gasteiger partial charge is 0.491 e. The van der Waals surface area contributed by atoms with Gasteiger partial charge in [-0.05, 0) is 68.4 Å². The molecular weight excluding hydrogens is 387 g/mol. The van der Waals surface area contributed by atoms with Crippen molar-refractivity contribution >= 4 is 21.4 Å². The molecule has 5 nitrogen and oxygen atoms in total. The smallest absolute Gasteiger partial charge is 0.240 e. The quantitative estimate of drug-likeness (QED) is 0.722. The molecule has 1 fully saturated rings. The molecule has 1 saturated heterocycles. The van der Waals surface area contributed by atoms with Crippen LogP contribution in [0.2, 0.25) is 0 Å². The molecule has 0 radical (unpaired) electrons. The lowest BCUT2D eigenvalue weighted by Crippen LogP contribution is -2.39. The SMILES string of the molecule is CCOc1ccc(S(=O)(=O)NCCN2CCC(c3cccs3)CC2)cc1F. The number of hydrogen-bond donors (Lipinski definition) is 1. The summed E-state index contributed by atoms with van der Waals surface area (Å²) in [7, 11) is -3.73. The van der Waals surface area contributed by atoms with Gasteiger partial charge in [-0.2, -0.15) is 0 Å². The van der Waals surface area contributed by atoms with E-state index >= 15 is 0 Å². The monoisotopic (exact) mass is 412 g/mol. The number of thiophene rings is 1. The van der Waals surface area contributed by atoms with Gasteiger partial charge in [-0.15, -0.1) is 11.3 Å². The molecule has 148 valence electrons. The van der Waals surface area contributed by atoms with Gasteiger partial charge in [0.15, 0.2) is 11.6 Å². The highest BCUT2D eigenvalue weighted by Gasteiger charge is 2.22. The second kappa shape index (κ2) is 9.14. The Morgan fingerprint density at radius 3 is 2.70 bits per heavy atom. The molecule has 0 saturated carbocycles. The van der Waals surface area contributed by atoms with E-state index in [2.05, 4.69) is 27.1 Å². The molecule has 1 aliphatic rings. The third-order valence-corrected chi connectivity index (χ3v) is 7.26. The molecule has 1 aliphatic heterocycles. The summed E-state index contributed by atoms with van der Waals surface area (Å²) in [6.45, 7) is 4.94. The minimum absolute atomic E-state index is 0.0602. The fourth-order valence-corrected chi connectivity index (χ4v) is 5.24. The summed E-state index contributed by atoms with van der Waals surface area (Å²) in [6, 6.07) is 7.99. The van der Waals surface area contributed by atoms with E-state index < -0.39 is 15.8 Å². The van der Waals surface area contributed by atoms with Crippen LogP contribution in [0.25, 0.3) is 0 Å². The van der Waals surface area contributed by atoms with Gasteiger partial charge in [-0.1, -0.05) is 6.07 Å². The van der Waals surface area contributed by atoms with Crippen LogP contribution in [0, 0.1) is 5.82 Å². The molecule has 0 spiro atoms. The van der Waals surface area contributed by atoms with E-state index in [0.717, 1.165) is 32.0 Å². The first kappa shape index (κ1) is 20.3. The molecule has 0 bridgehead atoms. The molecule has 0 unspecified atom stereocenters. The Kier molecular flexibility index (Phi) is 6.86. The number of piperidine rings is 1. The zero-order valence-corrected chi connectivity index (χ0v) is 17.0. The molecule has 0 atom stereocenters. The normalized spacial score (nSPS) is 16.5. The zero-order chi connectivity index (χ0) is 19.3. The molecule has 3 rings (SSSR count). The zero-order valence-electron chi connectivity index (χ0n) is 15.4.